The van der Waals surface area contributed by atoms with Crippen molar-refractivity contribution in [1.82, 2.24) is 9.21 Å². The summed E-state index contributed by atoms with van der Waals surface area (Å²) in [6.45, 7) is 4.87. The molecule has 2 rings (SSSR count). The number of hydrogen-bond acceptors (Lipinski definition) is 5. The molecule has 1 aromatic carbocycles. The van der Waals surface area contributed by atoms with Crippen LogP contribution < -0.4 is 5.73 Å². The number of nitrogen functional groups attached to an aromatic ring is 1. The first-order valence-corrected chi connectivity index (χ1v) is 8.58. The second-order valence-electron chi connectivity index (χ2n) is 5.35. The molecule has 7 heteroatoms. The first-order chi connectivity index (χ1) is 9.95. The number of nitrogens with two attached hydrogens (primary N) is 1. The lowest BCUT2D eigenvalue weighted by Gasteiger charge is -2.22. The molecule has 0 amide bonds. The minimum Gasteiger partial charge on any atom is -0.399 e. The summed E-state index contributed by atoms with van der Waals surface area (Å²) < 4.78 is 27.0. The van der Waals surface area contributed by atoms with Crippen LogP contribution in [0.4, 0.5) is 5.69 Å². The minimum atomic E-state index is -3.48. The first kappa shape index (κ1) is 16.2. The van der Waals surface area contributed by atoms with E-state index in [1.165, 1.54) is 4.31 Å². The van der Waals surface area contributed by atoms with Crippen molar-refractivity contribution < 1.29 is 13.5 Å². The van der Waals surface area contributed by atoms with Crippen molar-refractivity contribution in [1.29, 1.82) is 0 Å². The smallest absolute Gasteiger partial charge is 0.243 e. The van der Waals surface area contributed by atoms with Gasteiger partial charge in [0.05, 0.1) is 11.5 Å². The molecule has 1 fully saturated rings. The van der Waals surface area contributed by atoms with E-state index in [9.17, 15) is 8.42 Å². The Morgan fingerprint density at radius 3 is 2.67 bits per heavy atom. The highest BCUT2D eigenvalue weighted by Gasteiger charge is 2.27. The normalized spacial score (nSPS) is 18.6. The van der Waals surface area contributed by atoms with Crippen LogP contribution >= 0.6 is 0 Å². The second-order valence-corrected chi connectivity index (χ2v) is 7.25. The number of anilines is 1. The van der Waals surface area contributed by atoms with Gasteiger partial charge in [-0.05, 0) is 43.7 Å². The molecule has 6 nitrogen and oxygen atoms in total. The van der Waals surface area contributed by atoms with Gasteiger partial charge in [-0.1, -0.05) is 0 Å². The van der Waals surface area contributed by atoms with Crippen LogP contribution in [0, 0.1) is 6.92 Å². The molecule has 0 saturated carbocycles. The molecule has 1 aliphatic rings. The van der Waals surface area contributed by atoms with E-state index in [1.807, 2.05) is 0 Å². The van der Waals surface area contributed by atoms with Crippen molar-refractivity contribution in [3.05, 3.63) is 23.8 Å². The van der Waals surface area contributed by atoms with E-state index >= 15 is 0 Å². The maximum Gasteiger partial charge on any atom is 0.243 e. The molecule has 21 heavy (non-hydrogen) atoms. The fourth-order valence-electron chi connectivity index (χ4n) is 2.65. The highest BCUT2D eigenvalue weighted by molar-refractivity contribution is 7.89. The standard InChI is InChI=1S/C14H23N3O3S/c1-12-11-13(15)3-4-14(12)21(19,20)17-6-2-5-16(7-8-17)9-10-18/h3-4,11,18H,2,5-10,15H2,1H3. The van der Waals surface area contributed by atoms with Crippen LogP contribution in [0.1, 0.15) is 12.0 Å². The number of hydrogen-bond donors (Lipinski definition) is 2. The van der Waals surface area contributed by atoms with Crippen molar-refractivity contribution >= 4 is 15.7 Å². The van der Waals surface area contributed by atoms with Gasteiger partial charge < -0.3 is 10.8 Å². The maximum atomic E-state index is 12.8. The third-order valence-electron chi connectivity index (χ3n) is 3.78. The number of benzene rings is 1. The van der Waals surface area contributed by atoms with Gasteiger partial charge in [0.2, 0.25) is 10.0 Å². The summed E-state index contributed by atoms with van der Waals surface area (Å²) in [4.78, 5) is 2.41. The molecule has 0 aliphatic carbocycles. The van der Waals surface area contributed by atoms with Crippen LogP contribution in [-0.4, -0.2) is 62.1 Å². The van der Waals surface area contributed by atoms with Gasteiger partial charge in [0.25, 0.3) is 0 Å². The van der Waals surface area contributed by atoms with Crippen LogP contribution in [-0.2, 0) is 10.0 Å². The van der Waals surface area contributed by atoms with Gasteiger partial charge in [0.1, 0.15) is 0 Å². The zero-order valence-corrected chi connectivity index (χ0v) is 13.1. The molecule has 0 atom stereocenters. The van der Waals surface area contributed by atoms with Gasteiger partial charge >= 0.3 is 0 Å². The lowest BCUT2D eigenvalue weighted by atomic mass is 10.2. The van der Waals surface area contributed by atoms with Crippen molar-refractivity contribution in [3.63, 3.8) is 0 Å². The zero-order chi connectivity index (χ0) is 15.5. The van der Waals surface area contributed by atoms with Crippen LogP contribution in [0.25, 0.3) is 0 Å². The van der Waals surface area contributed by atoms with Crippen LogP contribution in [0.3, 0.4) is 0 Å². The average molecular weight is 313 g/mol. The lowest BCUT2D eigenvalue weighted by molar-refractivity contribution is 0.202. The van der Waals surface area contributed by atoms with Crippen molar-refractivity contribution in [2.45, 2.75) is 18.2 Å². The fraction of sp³-hybridized carbons (Fsp3) is 0.571. The summed E-state index contributed by atoms with van der Waals surface area (Å²) in [7, 11) is -3.48. The molecule has 3 N–H and O–H groups in total. The molecule has 0 spiro atoms. The highest BCUT2D eigenvalue weighted by atomic mass is 32.2. The highest BCUT2D eigenvalue weighted by Crippen LogP contribution is 2.22. The lowest BCUT2D eigenvalue weighted by Crippen LogP contribution is -2.36. The Hall–Kier alpha value is -1.15. The third kappa shape index (κ3) is 3.74. The predicted molar refractivity (Wildman–Crippen MR) is 82.5 cm³/mol. The maximum absolute atomic E-state index is 12.8. The van der Waals surface area contributed by atoms with Crippen molar-refractivity contribution in [2.75, 3.05) is 45.1 Å². The Morgan fingerprint density at radius 2 is 2.00 bits per heavy atom. The summed E-state index contributed by atoms with van der Waals surface area (Å²) in [5.41, 5.74) is 6.93. The predicted octanol–water partition coefficient (Wildman–Crippen LogP) is 0.266. The van der Waals surface area contributed by atoms with Crippen molar-refractivity contribution in [2.24, 2.45) is 0 Å². The first-order valence-electron chi connectivity index (χ1n) is 7.14. The Labute approximate surface area is 126 Å². The molecule has 1 heterocycles. The SMILES string of the molecule is Cc1cc(N)ccc1S(=O)(=O)N1CCCN(CCO)CC1. The van der Waals surface area contributed by atoms with Gasteiger partial charge in [-0.25, -0.2) is 8.42 Å². The number of aryl methyl sites for hydroxylation is 1. The molecule has 118 valence electrons. The Kier molecular flexibility index (Phi) is 5.21. The fourth-order valence-corrected chi connectivity index (χ4v) is 4.33. The molecule has 0 aromatic heterocycles. The van der Waals surface area contributed by atoms with E-state index in [1.54, 1.807) is 25.1 Å². The number of rotatable bonds is 4. The number of sulfonamides is 1. The van der Waals surface area contributed by atoms with Gasteiger partial charge in [-0.3, -0.25) is 4.90 Å². The third-order valence-corrected chi connectivity index (χ3v) is 5.84. The van der Waals surface area contributed by atoms with Crippen molar-refractivity contribution in [3.8, 4) is 0 Å². The zero-order valence-electron chi connectivity index (χ0n) is 12.3. The molecule has 0 bridgehead atoms. The minimum absolute atomic E-state index is 0.101. The van der Waals surface area contributed by atoms with E-state index in [0.29, 0.717) is 42.3 Å². The topological polar surface area (TPSA) is 86.9 Å². The average Bonchev–Trinajstić information content (AvgIpc) is 2.65. The summed E-state index contributed by atoms with van der Waals surface area (Å²) >= 11 is 0. The quantitative estimate of drug-likeness (QED) is 0.779. The van der Waals surface area contributed by atoms with Crippen LogP contribution in [0.2, 0.25) is 0 Å². The molecule has 1 saturated heterocycles. The number of nitrogens with zero attached hydrogens (tertiary/aromatic N) is 2. The Balaban J connectivity index is 2.19. The van der Waals surface area contributed by atoms with E-state index in [4.69, 9.17) is 10.8 Å². The van der Waals surface area contributed by atoms with Gasteiger partial charge in [-0.2, -0.15) is 4.31 Å². The summed E-state index contributed by atoms with van der Waals surface area (Å²) in [5, 5.41) is 8.99. The summed E-state index contributed by atoms with van der Waals surface area (Å²) in [5.74, 6) is 0. The Bertz CT molecular complexity index is 589. The molecular weight excluding hydrogens is 290 g/mol. The van der Waals surface area contributed by atoms with Gasteiger partial charge in [0.15, 0.2) is 0 Å². The molecule has 0 unspecified atom stereocenters. The number of aliphatic hydroxyl groups excluding tert-OH is 1. The largest absolute Gasteiger partial charge is 0.399 e. The number of β-amino-alcohol motifs (C(OH)–C–C–N with tert-alkyl or cyclic N) is 1. The van der Waals surface area contributed by atoms with E-state index in [2.05, 4.69) is 4.90 Å². The summed E-state index contributed by atoms with van der Waals surface area (Å²) in [6.07, 6.45) is 0.771. The van der Waals surface area contributed by atoms with Crippen LogP contribution in [0.15, 0.2) is 23.1 Å². The molecular formula is C14H23N3O3S. The summed E-state index contributed by atoms with van der Waals surface area (Å²) in [6, 6.07) is 4.88. The van der Waals surface area contributed by atoms with E-state index in [0.717, 1.165) is 13.0 Å². The van der Waals surface area contributed by atoms with Gasteiger partial charge in [0, 0.05) is 31.9 Å². The number of aliphatic hydroxyl groups is 1. The molecule has 1 aromatic rings. The van der Waals surface area contributed by atoms with Crippen LogP contribution in [0.5, 0.6) is 0 Å². The van der Waals surface area contributed by atoms with Gasteiger partial charge in [-0.15, -0.1) is 0 Å². The molecule has 1 aliphatic heterocycles. The molecule has 0 radical (unpaired) electrons. The monoisotopic (exact) mass is 313 g/mol. The Morgan fingerprint density at radius 1 is 1.24 bits per heavy atom. The van der Waals surface area contributed by atoms with E-state index < -0.39 is 10.0 Å². The second kappa shape index (κ2) is 6.74. The van der Waals surface area contributed by atoms with E-state index in [-0.39, 0.29) is 6.61 Å².